The van der Waals surface area contributed by atoms with E-state index in [0.29, 0.717) is 27.5 Å². The summed E-state index contributed by atoms with van der Waals surface area (Å²) in [6.45, 7) is 4.26. The fourth-order valence-corrected chi connectivity index (χ4v) is 5.65. The van der Waals surface area contributed by atoms with E-state index in [4.69, 9.17) is 9.72 Å². The molecule has 36 heavy (non-hydrogen) atoms. The summed E-state index contributed by atoms with van der Waals surface area (Å²) >= 11 is 1.25. The Morgan fingerprint density at radius 2 is 1.67 bits per heavy atom. The van der Waals surface area contributed by atoms with Crippen molar-refractivity contribution in [3.8, 4) is 11.4 Å². The van der Waals surface area contributed by atoms with E-state index in [0.717, 1.165) is 11.4 Å². The van der Waals surface area contributed by atoms with Gasteiger partial charge in [-0.3, -0.25) is 14.2 Å². The normalized spacial score (nSPS) is 15.3. The van der Waals surface area contributed by atoms with Crippen LogP contribution in [0.4, 0.5) is 5.69 Å². The van der Waals surface area contributed by atoms with Crippen molar-refractivity contribution in [2.45, 2.75) is 24.4 Å². The number of benzene rings is 3. The molecule has 0 amide bonds. The van der Waals surface area contributed by atoms with Crippen molar-refractivity contribution in [1.29, 1.82) is 0 Å². The maximum absolute atomic E-state index is 13.5. The van der Waals surface area contributed by atoms with Gasteiger partial charge in [0, 0.05) is 29.9 Å². The van der Waals surface area contributed by atoms with Crippen molar-refractivity contribution in [3.05, 3.63) is 100 Å². The van der Waals surface area contributed by atoms with Gasteiger partial charge in [-0.1, -0.05) is 68.1 Å². The largest absolute Gasteiger partial charge is 0.495 e. The molecule has 0 saturated carbocycles. The number of allylic oxidation sites excluding steroid dienone is 2. The SMILES string of the molecule is COc1ccccc1-n1c(SCC(=O)/C=C2/N(C)c3ccccc3C2(C)C)nc2ccccc2c1=O. The Balaban J connectivity index is 1.51. The first kappa shape index (κ1) is 23.9. The molecule has 0 saturated heterocycles. The Morgan fingerprint density at radius 1 is 1.00 bits per heavy atom. The number of hydrogen-bond acceptors (Lipinski definition) is 6. The summed E-state index contributed by atoms with van der Waals surface area (Å²) in [5.41, 5.74) is 3.94. The van der Waals surface area contributed by atoms with Gasteiger partial charge in [-0.25, -0.2) is 4.98 Å². The van der Waals surface area contributed by atoms with Crippen molar-refractivity contribution in [2.75, 3.05) is 24.8 Å². The number of rotatable bonds is 6. The minimum absolute atomic E-state index is 0.0447. The molecule has 6 nitrogen and oxygen atoms in total. The number of ketones is 1. The molecule has 5 rings (SSSR count). The molecule has 0 N–H and O–H groups in total. The second-order valence-electron chi connectivity index (χ2n) is 9.21. The van der Waals surface area contributed by atoms with Crippen LogP contribution < -0.4 is 15.2 Å². The van der Waals surface area contributed by atoms with E-state index in [1.165, 1.54) is 21.9 Å². The van der Waals surface area contributed by atoms with Crippen LogP contribution in [-0.4, -0.2) is 35.2 Å². The van der Waals surface area contributed by atoms with E-state index in [2.05, 4.69) is 30.9 Å². The van der Waals surface area contributed by atoms with Gasteiger partial charge in [0.15, 0.2) is 10.9 Å². The molecular weight excluding hydrogens is 470 g/mol. The average molecular weight is 498 g/mol. The molecule has 182 valence electrons. The standard InChI is InChI=1S/C29H27N3O3S/c1-29(2)21-12-6-8-14-23(21)31(3)26(29)17-19(33)18-36-28-30-22-13-7-5-11-20(22)27(34)32(28)24-15-9-10-16-25(24)35-4/h5-17H,18H2,1-4H3/b26-17+. The molecule has 0 unspecified atom stereocenters. The third kappa shape index (κ3) is 3.99. The number of carbonyl (C=O) groups is 1. The van der Waals surface area contributed by atoms with Crippen molar-refractivity contribution in [1.82, 2.24) is 9.55 Å². The zero-order valence-electron chi connectivity index (χ0n) is 20.7. The number of ether oxygens (including phenoxy) is 1. The van der Waals surface area contributed by atoms with E-state index in [1.807, 2.05) is 55.6 Å². The molecule has 1 aliphatic rings. The lowest BCUT2D eigenvalue weighted by molar-refractivity contribution is -0.112. The third-order valence-electron chi connectivity index (χ3n) is 6.65. The van der Waals surface area contributed by atoms with E-state index >= 15 is 0 Å². The van der Waals surface area contributed by atoms with E-state index in [-0.39, 0.29) is 22.5 Å². The van der Waals surface area contributed by atoms with Crippen LogP contribution in [0.5, 0.6) is 5.75 Å². The Hall–Kier alpha value is -3.84. The molecule has 4 aromatic rings. The molecular formula is C29H27N3O3S. The van der Waals surface area contributed by atoms with Gasteiger partial charge in [-0.05, 0) is 35.9 Å². The fraction of sp³-hybridized carbons (Fsp3) is 0.207. The average Bonchev–Trinajstić information content (AvgIpc) is 3.08. The second kappa shape index (κ2) is 9.32. The Kier molecular flexibility index (Phi) is 6.18. The van der Waals surface area contributed by atoms with Crippen molar-refractivity contribution >= 4 is 34.1 Å². The smallest absolute Gasteiger partial charge is 0.266 e. The summed E-state index contributed by atoms with van der Waals surface area (Å²) in [6.07, 6.45) is 1.72. The van der Waals surface area contributed by atoms with E-state index < -0.39 is 0 Å². The lowest BCUT2D eigenvalue weighted by atomic mass is 9.83. The molecule has 3 aromatic carbocycles. The van der Waals surface area contributed by atoms with E-state index in [9.17, 15) is 9.59 Å². The Bertz CT molecular complexity index is 1570. The predicted octanol–water partition coefficient (Wildman–Crippen LogP) is 5.37. The number of likely N-dealkylation sites (N-methyl/N-ethyl adjacent to an activating group) is 1. The highest BCUT2D eigenvalue weighted by atomic mass is 32.2. The molecule has 2 heterocycles. The van der Waals surface area contributed by atoms with Gasteiger partial charge >= 0.3 is 0 Å². The maximum atomic E-state index is 13.5. The number of methoxy groups -OCH3 is 1. The first-order valence-electron chi connectivity index (χ1n) is 11.7. The molecule has 0 spiro atoms. The van der Waals surface area contributed by atoms with Crippen LogP contribution in [0.2, 0.25) is 0 Å². The molecule has 0 bridgehead atoms. The number of fused-ring (bicyclic) bond motifs is 2. The minimum Gasteiger partial charge on any atom is -0.495 e. The number of anilines is 1. The molecule has 0 fully saturated rings. The highest BCUT2D eigenvalue weighted by Gasteiger charge is 2.38. The summed E-state index contributed by atoms with van der Waals surface area (Å²) < 4.78 is 7.06. The highest BCUT2D eigenvalue weighted by Crippen LogP contribution is 2.46. The lowest BCUT2D eigenvalue weighted by Crippen LogP contribution is -2.24. The van der Waals surface area contributed by atoms with Crippen molar-refractivity contribution in [2.24, 2.45) is 0 Å². The maximum Gasteiger partial charge on any atom is 0.266 e. The molecule has 7 heteroatoms. The lowest BCUT2D eigenvalue weighted by Gasteiger charge is -2.24. The summed E-state index contributed by atoms with van der Waals surface area (Å²) in [4.78, 5) is 33.6. The number of aromatic nitrogens is 2. The van der Waals surface area contributed by atoms with Gasteiger partial charge in [-0.15, -0.1) is 0 Å². The van der Waals surface area contributed by atoms with Crippen LogP contribution in [0.15, 0.2) is 94.5 Å². The Morgan fingerprint density at radius 3 is 2.42 bits per heavy atom. The van der Waals surface area contributed by atoms with Crippen LogP contribution in [0, 0.1) is 0 Å². The van der Waals surface area contributed by atoms with Crippen LogP contribution in [0.25, 0.3) is 16.6 Å². The van der Waals surface area contributed by atoms with Crippen LogP contribution in [0.3, 0.4) is 0 Å². The first-order valence-corrected chi connectivity index (χ1v) is 12.7. The zero-order chi connectivity index (χ0) is 25.4. The zero-order valence-corrected chi connectivity index (χ0v) is 21.5. The molecule has 1 aliphatic heterocycles. The molecule has 1 aromatic heterocycles. The van der Waals surface area contributed by atoms with Crippen LogP contribution in [0.1, 0.15) is 19.4 Å². The topological polar surface area (TPSA) is 64.4 Å². The van der Waals surface area contributed by atoms with Gasteiger partial charge in [0.2, 0.25) is 0 Å². The van der Waals surface area contributed by atoms with Crippen molar-refractivity contribution in [3.63, 3.8) is 0 Å². The number of para-hydroxylation sites is 4. The summed E-state index contributed by atoms with van der Waals surface area (Å²) in [5, 5.41) is 0.950. The minimum atomic E-state index is -0.285. The summed E-state index contributed by atoms with van der Waals surface area (Å²) in [5.74, 6) is 0.653. The molecule has 0 atom stereocenters. The number of hydrogen-bond donors (Lipinski definition) is 0. The first-order chi connectivity index (χ1) is 17.3. The van der Waals surface area contributed by atoms with Crippen LogP contribution >= 0.6 is 11.8 Å². The molecule has 0 radical (unpaired) electrons. The van der Waals surface area contributed by atoms with Gasteiger partial charge in [0.1, 0.15) is 5.75 Å². The van der Waals surface area contributed by atoms with Crippen LogP contribution in [-0.2, 0) is 10.2 Å². The predicted molar refractivity (Wildman–Crippen MR) is 146 cm³/mol. The number of nitrogens with zero attached hydrogens (tertiary/aromatic N) is 3. The second-order valence-corrected chi connectivity index (χ2v) is 10.2. The van der Waals surface area contributed by atoms with Crippen molar-refractivity contribution < 1.29 is 9.53 Å². The van der Waals surface area contributed by atoms with Gasteiger partial charge in [0.25, 0.3) is 5.56 Å². The third-order valence-corrected chi connectivity index (χ3v) is 7.61. The number of carbonyl (C=O) groups excluding carboxylic acids is 1. The summed E-state index contributed by atoms with van der Waals surface area (Å²) in [7, 11) is 3.56. The highest BCUT2D eigenvalue weighted by molar-refractivity contribution is 7.99. The summed E-state index contributed by atoms with van der Waals surface area (Å²) in [6, 6.07) is 22.8. The van der Waals surface area contributed by atoms with Gasteiger partial charge in [0.05, 0.1) is 29.5 Å². The fourth-order valence-electron chi connectivity index (χ4n) is 4.82. The number of thioether (sulfide) groups is 1. The monoisotopic (exact) mass is 497 g/mol. The van der Waals surface area contributed by atoms with Gasteiger partial charge < -0.3 is 9.64 Å². The van der Waals surface area contributed by atoms with E-state index in [1.54, 1.807) is 25.3 Å². The Labute approximate surface area is 214 Å². The molecule has 0 aliphatic carbocycles. The quantitative estimate of drug-likeness (QED) is 0.203. The van der Waals surface area contributed by atoms with Gasteiger partial charge in [-0.2, -0.15) is 0 Å².